The van der Waals surface area contributed by atoms with Crippen molar-refractivity contribution in [3.8, 4) is 0 Å². The summed E-state index contributed by atoms with van der Waals surface area (Å²) in [5.74, 6) is -0.616. The maximum Gasteiger partial charge on any atom is 0.233 e. The average Bonchev–Trinajstić information content (AvgIpc) is 3.37. The van der Waals surface area contributed by atoms with Crippen molar-refractivity contribution in [3.05, 3.63) is 41.2 Å². The second-order valence-electron chi connectivity index (χ2n) is 7.71. The summed E-state index contributed by atoms with van der Waals surface area (Å²) in [5, 5.41) is 2.03. The summed E-state index contributed by atoms with van der Waals surface area (Å²) in [4.78, 5) is 28.7. The van der Waals surface area contributed by atoms with Gasteiger partial charge in [-0.05, 0) is 49.3 Å². The van der Waals surface area contributed by atoms with Gasteiger partial charge in [-0.1, -0.05) is 23.5 Å². The molecule has 29 heavy (non-hydrogen) atoms. The molecule has 6 nitrogen and oxygen atoms in total. The van der Waals surface area contributed by atoms with Gasteiger partial charge in [0.25, 0.3) is 0 Å². The molecule has 0 saturated heterocycles. The van der Waals surface area contributed by atoms with E-state index >= 15 is 0 Å². The van der Waals surface area contributed by atoms with Crippen LogP contribution in [-0.2, 0) is 19.4 Å². The Kier molecular flexibility index (Phi) is 5.52. The van der Waals surface area contributed by atoms with Crippen LogP contribution in [0.15, 0.2) is 35.4 Å². The Morgan fingerprint density at radius 2 is 1.97 bits per heavy atom. The Balaban J connectivity index is 1.56. The second kappa shape index (κ2) is 7.95. The van der Waals surface area contributed by atoms with Crippen LogP contribution in [0.1, 0.15) is 50.0 Å². The molecule has 2 saturated carbocycles. The lowest BCUT2D eigenvalue weighted by Crippen LogP contribution is -2.23. The number of halogens is 1. The molecule has 2 atom stereocenters. The number of anilines is 1. The van der Waals surface area contributed by atoms with Gasteiger partial charge in [0.1, 0.15) is 5.78 Å². The first kappa shape index (κ1) is 20.2. The number of Topliss-reactive ketones (excluding diaryl/α,β-unsaturated/α-hetero) is 1. The SMILES string of the molecule is O=C1CC[C@H](C[C@@H](C(=O)Nc2ncc(F)s2)c2ccc(S(=O)(=O)C3CC3)cc2)C1. The van der Waals surface area contributed by atoms with Crippen molar-refractivity contribution in [2.45, 2.75) is 54.6 Å². The maximum absolute atomic E-state index is 13.2. The van der Waals surface area contributed by atoms with Crippen LogP contribution in [0.2, 0.25) is 0 Å². The van der Waals surface area contributed by atoms with Crippen LogP contribution < -0.4 is 5.32 Å². The van der Waals surface area contributed by atoms with E-state index in [0.717, 1.165) is 24.0 Å². The van der Waals surface area contributed by atoms with Gasteiger partial charge in [-0.3, -0.25) is 9.59 Å². The number of benzene rings is 1. The standard InChI is InChI=1S/C20H21FN2O4S2/c21-18-11-22-20(28-18)23-19(25)17(10-12-1-4-14(24)9-12)13-2-5-15(6-3-13)29(26,27)16-7-8-16/h2-3,5-6,11-12,16-17H,1,4,7-10H2,(H,22,23,25)/t12-,17+/m0/s1. The molecule has 2 aromatic rings. The molecule has 1 heterocycles. The molecule has 2 aliphatic carbocycles. The normalized spacial score (nSPS) is 20.6. The highest BCUT2D eigenvalue weighted by atomic mass is 32.2. The van der Waals surface area contributed by atoms with Gasteiger partial charge in [-0.25, -0.2) is 13.4 Å². The van der Waals surface area contributed by atoms with Crippen molar-refractivity contribution in [2.24, 2.45) is 5.92 Å². The second-order valence-corrected chi connectivity index (χ2v) is 10.9. The number of rotatable bonds is 7. The van der Waals surface area contributed by atoms with Gasteiger partial charge >= 0.3 is 0 Å². The number of carbonyl (C=O) groups excluding carboxylic acids is 2. The first-order valence-electron chi connectivity index (χ1n) is 9.60. The van der Waals surface area contributed by atoms with Crippen LogP contribution in [0, 0.1) is 11.0 Å². The number of amides is 1. The molecule has 0 bridgehead atoms. The fourth-order valence-corrected chi connectivity index (χ4v) is 5.99. The minimum Gasteiger partial charge on any atom is -0.301 e. The van der Waals surface area contributed by atoms with Crippen LogP contribution in [0.4, 0.5) is 9.52 Å². The van der Waals surface area contributed by atoms with E-state index in [0.29, 0.717) is 37.7 Å². The summed E-state index contributed by atoms with van der Waals surface area (Å²) >= 11 is 0.745. The molecule has 9 heteroatoms. The van der Waals surface area contributed by atoms with E-state index in [1.165, 1.54) is 0 Å². The Morgan fingerprint density at radius 3 is 2.52 bits per heavy atom. The van der Waals surface area contributed by atoms with E-state index in [1.807, 2.05) is 0 Å². The van der Waals surface area contributed by atoms with Gasteiger partial charge in [0.2, 0.25) is 5.91 Å². The third-order valence-electron chi connectivity index (χ3n) is 5.52. The smallest absolute Gasteiger partial charge is 0.233 e. The summed E-state index contributed by atoms with van der Waals surface area (Å²) in [5.41, 5.74) is 0.675. The van der Waals surface area contributed by atoms with Crippen molar-refractivity contribution in [1.29, 1.82) is 0 Å². The summed E-state index contributed by atoms with van der Waals surface area (Å²) in [6, 6.07) is 6.43. The van der Waals surface area contributed by atoms with Crippen LogP contribution >= 0.6 is 11.3 Å². The monoisotopic (exact) mass is 436 g/mol. The molecule has 0 spiro atoms. The highest BCUT2D eigenvalue weighted by Crippen LogP contribution is 2.36. The van der Waals surface area contributed by atoms with Gasteiger partial charge < -0.3 is 5.32 Å². The molecule has 1 amide bonds. The van der Waals surface area contributed by atoms with Gasteiger partial charge in [0, 0.05) is 12.8 Å². The van der Waals surface area contributed by atoms with Gasteiger partial charge in [-0.2, -0.15) is 4.39 Å². The lowest BCUT2D eigenvalue weighted by molar-refractivity contribution is -0.119. The molecule has 1 aromatic heterocycles. The number of hydrogen-bond acceptors (Lipinski definition) is 6. The van der Waals surface area contributed by atoms with E-state index in [2.05, 4.69) is 10.3 Å². The van der Waals surface area contributed by atoms with Crippen LogP contribution in [-0.4, -0.2) is 30.3 Å². The number of nitrogens with one attached hydrogen (secondary N) is 1. The van der Waals surface area contributed by atoms with E-state index in [9.17, 15) is 22.4 Å². The Bertz CT molecular complexity index is 1030. The van der Waals surface area contributed by atoms with E-state index in [4.69, 9.17) is 0 Å². The van der Waals surface area contributed by atoms with Crippen molar-refractivity contribution in [3.63, 3.8) is 0 Å². The quantitative estimate of drug-likeness (QED) is 0.714. The van der Waals surface area contributed by atoms with E-state index in [1.54, 1.807) is 24.3 Å². The molecule has 154 valence electrons. The lowest BCUT2D eigenvalue weighted by atomic mass is 9.87. The van der Waals surface area contributed by atoms with Crippen LogP contribution in [0.25, 0.3) is 0 Å². The minimum atomic E-state index is -3.30. The van der Waals surface area contributed by atoms with Crippen molar-refractivity contribution >= 4 is 38.0 Å². The first-order chi connectivity index (χ1) is 13.8. The minimum absolute atomic E-state index is 0.0983. The fourth-order valence-electron chi connectivity index (χ4n) is 3.79. The lowest BCUT2D eigenvalue weighted by Gasteiger charge is -2.20. The topological polar surface area (TPSA) is 93.2 Å². The molecule has 1 aromatic carbocycles. The van der Waals surface area contributed by atoms with Gasteiger partial charge in [-0.15, -0.1) is 0 Å². The zero-order chi connectivity index (χ0) is 20.6. The molecule has 2 aliphatic rings. The van der Waals surface area contributed by atoms with E-state index < -0.39 is 20.9 Å². The van der Waals surface area contributed by atoms with Crippen molar-refractivity contribution < 1.29 is 22.4 Å². The zero-order valence-electron chi connectivity index (χ0n) is 15.6. The predicted octanol–water partition coefficient (Wildman–Crippen LogP) is 3.70. The Hall–Kier alpha value is -2.13. The van der Waals surface area contributed by atoms with Crippen molar-refractivity contribution in [2.75, 3.05) is 5.32 Å². The molecule has 4 rings (SSSR count). The summed E-state index contributed by atoms with van der Waals surface area (Å²) < 4.78 is 38.0. The van der Waals surface area contributed by atoms with Crippen LogP contribution in [0.5, 0.6) is 0 Å². The largest absolute Gasteiger partial charge is 0.301 e. The predicted molar refractivity (Wildman–Crippen MR) is 107 cm³/mol. The Morgan fingerprint density at radius 1 is 1.24 bits per heavy atom. The number of aromatic nitrogens is 1. The van der Waals surface area contributed by atoms with Crippen molar-refractivity contribution in [1.82, 2.24) is 4.98 Å². The third kappa shape index (κ3) is 4.56. The number of thiazole rings is 1. The van der Waals surface area contributed by atoms with Gasteiger partial charge in [0.15, 0.2) is 20.1 Å². The molecule has 0 radical (unpaired) electrons. The molecule has 0 unspecified atom stereocenters. The number of ketones is 1. The summed E-state index contributed by atoms with van der Waals surface area (Å²) in [6.45, 7) is 0. The highest BCUT2D eigenvalue weighted by molar-refractivity contribution is 7.92. The molecule has 0 aliphatic heterocycles. The molecular weight excluding hydrogens is 415 g/mol. The third-order valence-corrected chi connectivity index (χ3v) is 8.49. The van der Waals surface area contributed by atoms with Crippen LogP contribution in [0.3, 0.4) is 0 Å². The molecule has 2 fully saturated rings. The summed E-state index contributed by atoms with van der Waals surface area (Å²) in [7, 11) is -3.30. The Labute approximate surface area is 172 Å². The van der Waals surface area contributed by atoms with Gasteiger partial charge in [0.05, 0.1) is 22.3 Å². The summed E-state index contributed by atoms with van der Waals surface area (Å²) in [6.07, 6.45) is 4.61. The number of sulfone groups is 1. The number of hydrogen-bond donors (Lipinski definition) is 1. The number of nitrogens with zero attached hydrogens (tertiary/aromatic N) is 1. The van der Waals surface area contributed by atoms with E-state index in [-0.39, 0.29) is 32.9 Å². The first-order valence-corrected chi connectivity index (χ1v) is 12.0. The number of carbonyl (C=O) groups is 2. The highest BCUT2D eigenvalue weighted by Gasteiger charge is 2.37. The molecular formula is C20H21FN2O4S2. The fraction of sp³-hybridized carbons (Fsp3) is 0.450. The maximum atomic E-state index is 13.2. The zero-order valence-corrected chi connectivity index (χ0v) is 17.3. The molecule has 1 N–H and O–H groups in total. The average molecular weight is 437 g/mol.